The summed E-state index contributed by atoms with van der Waals surface area (Å²) in [6.45, 7) is 0.848. The molecule has 5 nitrogen and oxygen atoms in total. The third-order valence-corrected chi connectivity index (χ3v) is 2.84. The summed E-state index contributed by atoms with van der Waals surface area (Å²) in [5.74, 6) is 0.217. The van der Waals surface area contributed by atoms with E-state index in [-0.39, 0.29) is 5.69 Å². The number of anilines is 1. The third-order valence-electron chi connectivity index (χ3n) is 2.84. The summed E-state index contributed by atoms with van der Waals surface area (Å²) >= 11 is 0. The van der Waals surface area contributed by atoms with Gasteiger partial charge in [-0.2, -0.15) is 5.10 Å². The molecule has 0 unspecified atom stereocenters. The van der Waals surface area contributed by atoms with Crippen LogP contribution >= 0.6 is 0 Å². The second-order valence-corrected chi connectivity index (χ2v) is 3.94. The zero-order valence-corrected chi connectivity index (χ0v) is 8.77. The van der Waals surface area contributed by atoms with Crippen LogP contribution in [0.4, 0.5) is 5.69 Å². The molecule has 0 radical (unpaired) electrons. The van der Waals surface area contributed by atoms with E-state index in [2.05, 4.69) is 9.84 Å². The van der Waals surface area contributed by atoms with E-state index in [1.165, 1.54) is 26.4 Å². The van der Waals surface area contributed by atoms with Crippen molar-refractivity contribution in [2.45, 2.75) is 25.8 Å². The number of rotatable bonds is 3. The fourth-order valence-electron chi connectivity index (χ4n) is 1.73. The van der Waals surface area contributed by atoms with Gasteiger partial charge in [0.1, 0.15) is 0 Å². The molecular weight excluding hydrogens is 194 g/mol. The molecule has 0 atom stereocenters. The summed E-state index contributed by atoms with van der Waals surface area (Å²) in [4.78, 5) is 11.2. The largest absolute Gasteiger partial charge is 0.464 e. The number of nitrogen functional groups attached to an aromatic ring is 1. The molecule has 1 aliphatic carbocycles. The normalized spacial score (nSPS) is 16.1. The summed E-state index contributed by atoms with van der Waals surface area (Å²) in [6, 6.07) is 0. The second kappa shape index (κ2) is 3.92. The fraction of sp³-hybridized carbons (Fsp3) is 0.600. The van der Waals surface area contributed by atoms with Gasteiger partial charge in [0.05, 0.1) is 12.8 Å². The predicted molar refractivity (Wildman–Crippen MR) is 55.3 cm³/mol. The number of aromatic nitrogens is 2. The highest BCUT2D eigenvalue weighted by atomic mass is 16.5. The maximum absolute atomic E-state index is 11.2. The van der Waals surface area contributed by atoms with Crippen LogP contribution in [0.2, 0.25) is 0 Å². The van der Waals surface area contributed by atoms with Crippen molar-refractivity contribution in [2.75, 3.05) is 12.8 Å². The molecule has 1 aromatic heterocycles. The Balaban J connectivity index is 2.09. The topological polar surface area (TPSA) is 70.1 Å². The molecule has 0 saturated heterocycles. The van der Waals surface area contributed by atoms with E-state index in [0.29, 0.717) is 11.6 Å². The lowest BCUT2D eigenvalue weighted by atomic mass is 9.85. The molecule has 1 aliphatic rings. The highest BCUT2D eigenvalue weighted by Gasteiger charge is 2.20. The molecule has 1 aromatic rings. The molecule has 0 aromatic carbocycles. The van der Waals surface area contributed by atoms with Crippen molar-refractivity contribution in [3.05, 3.63) is 11.9 Å². The fourth-order valence-corrected chi connectivity index (χ4v) is 1.73. The van der Waals surface area contributed by atoms with E-state index in [9.17, 15) is 4.79 Å². The first-order chi connectivity index (χ1) is 7.20. The Morgan fingerprint density at radius 2 is 2.47 bits per heavy atom. The summed E-state index contributed by atoms with van der Waals surface area (Å²) in [5.41, 5.74) is 6.28. The number of carbonyl (C=O) groups is 1. The van der Waals surface area contributed by atoms with E-state index >= 15 is 0 Å². The first kappa shape index (κ1) is 10.0. The average Bonchev–Trinajstić information content (AvgIpc) is 2.52. The Bertz CT molecular complexity index is 369. The Morgan fingerprint density at radius 3 is 3.00 bits per heavy atom. The number of nitrogens with zero attached hydrogens (tertiary/aromatic N) is 2. The van der Waals surface area contributed by atoms with Crippen LogP contribution in [0.25, 0.3) is 0 Å². The molecule has 15 heavy (non-hydrogen) atoms. The Hall–Kier alpha value is -1.52. The van der Waals surface area contributed by atoms with Crippen LogP contribution in [-0.2, 0) is 11.3 Å². The highest BCUT2D eigenvalue weighted by Crippen LogP contribution is 2.28. The molecule has 0 amide bonds. The van der Waals surface area contributed by atoms with E-state index in [4.69, 9.17) is 5.73 Å². The molecule has 2 N–H and O–H groups in total. The average molecular weight is 209 g/mol. The second-order valence-electron chi connectivity index (χ2n) is 3.94. The first-order valence-corrected chi connectivity index (χ1v) is 5.12. The molecule has 1 saturated carbocycles. The van der Waals surface area contributed by atoms with Gasteiger partial charge in [-0.15, -0.1) is 0 Å². The van der Waals surface area contributed by atoms with Gasteiger partial charge in [0.15, 0.2) is 5.69 Å². The SMILES string of the molecule is COC(=O)c1nn(CC2CCC2)cc1N. The Kier molecular flexibility index (Phi) is 2.62. The Labute approximate surface area is 88.2 Å². The first-order valence-electron chi connectivity index (χ1n) is 5.12. The van der Waals surface area contributed by atoms with Crippen molar-refractivity contribution in [3.63, 3.8) is 0 Å². The van der Waals surface area contributed by atoms with Crippen LogP contribution in [0.15, 0.2) is 6.20 Å². The number of ether oxygens (including phenoxy) is 1. The maximum Gasteiger partial charge on any atom is 0.360 e. The molecule has 1 fully saturated rings. The lowest BCUT2D eigenvalue weighted by molar-refractivity contribution is 0.0593. The van der Waals surface area contributed by atoms with E-state index < -0.39 is 5.97 Å². The van der Waals surface area contributed by atoms with Gasteiger partial charge in [-0.1, -0.05) is 6.42 Å². The van der Waals surface area contributed by atoms with Gasteiger partial charge >= 0.3 is 5.97 Å². The molecule has 5 heteroatoms. The number of hydrogen-bond donors (Lipinski definition) is 1. The predicted octanol–water partition coefficient (Wildman–Crippen LogP) is 1.05. The van der Waals surface area contributed by atoms with Gasteiger partial charge in [-0.3, -0.25) is 4.68 Å². The van der Waals surface area contributed by atoms with Gasteiger partial charge in [-0.05, 0) is 18.8 Å². The van der Waals surface area contributed by atoms with Crippen molar-refractivity contribution in [2.24, 2.45) is 5.92 Å². The lowest BCUT2D eigenvalue weighted by Crippen LogP contribution is -2.18. The summed E-state index contributed by atoms with van der Waals surface area (Å²) in [7, 11) is 1.33. The van der Waals surface area contributed by atoms with Crippen molar-refractivity contribution in [1.82, 2.24) is 9.78 Å². The van der Waals surface area contributed by atoms with Crippen molar-refractivity contribution < 1.29 is 9.53 Å². The maximum atomic E-state index is 11.2. The van der Waals surface area contributed by atoms with Gasteiger partial charge in [0.2, 0.25) is 0 Å². The minimum Gasteiger partial charge on any atom is -0.464 e. The monoisotopic (exact) mass is 209 g/mol. The van der Waals surface area contributed by atoms with Gasteiger partial charge < -0.3 is 10.5 Å². The summed E-state index contributed by atoms with van der Waals surface area (Å²) in [5, 5.41) is 4.12. The molecule has 2 rings (SSSR count). The molecule has 0 aliphatic heterocycles. The molecule has 0 bridgehead atoms. The number of methoxy groups -OCH3 is 1. The smallest absolute Gasteiger partial charge is 0.360 e. The standard InChI is InChI=1S/C10H15N3O2/c1-15-10(14)9-8(11)6-13(12-9)5-7-3-2-4-7/h6-7H,2-5,11H2,1H3. The molecule has 0 spiro atoms. The van der Waals surface area contributed by atoms with Gasteiger partial charge in [0, 0.05) is 12.7 Å². The zero-order valence-electron chi connectivity index (χ0n) is 8.77. The zero-order chi connectivity index (χ0) is 10.8. The minimum atomic E-state index is -0.472. The van der Waals surface area contributed by atoms with Gasteiger partial charge in [0.25, 0.3) is 0 Å². The minimum absolute atomic E-state index is 0.219. The van der Waals surface area contributed by atoms with Crippen LogP contribution in [-0.4, -0.2) is 22.9 Å². The van der Waals surface area contributed by atoms with Crippen LogP contribution < -0.4 is 5.73 Å². The molecule has 1 heterocycles. The molecule has 82 valence electrons. The third kappa shape index (κ3) is 1.95. The van der Waals surface area contributed by atoms with Crippen LogP contribution in [0, 0.1) is 5.92 Å². The van der Waals surface area contributed by atoms with E-state index in [0.717, 1.165) is 6.54 Å². The number of nitrogens with two attached hydrogens (primary N) is 1. The number of hydrogen-bond acceptors (Lipinski definition) is 4. The summed E-state index contributed by atoms with van der Waals surface area (Å²) < 4.78 is 6.32. The van der Waals surface area contributed by atoms with Crippen LogP contribution in [0.3, 0.4) is 0 Å². The quantitative estimate of drug-likeness (QED) is 0.755. The highest BCUT2D eigenvalue weighted by molar-refractivity contribution is 5.92. The van der Waals surface area contributed by atoms with Crippen LogP contribution in [0.1, 0.15) is 29.8 Å². The van der Waals surface area contributed by atoms with Gasteiger partial charge in [-0.25, -0.2) is 4.79 Å². The van der Waals surface area contributed by atoms with Crippen molar-refractivity contribution in [1.29, 1.82) is 0 Å². The Morgan fingerprint density at radius 1 is 1.73 bits per heavy atom. The van der Waals surface area contributed by atoms with E-state index in [1.54, 1.807) is 10.9 Å². The number of carbonyl (C=O) groups excluding carboxylic acids is 1. The van der Waals surface area contributed by atoms with Crippen molar-refractivity contribution in [3.8, 4) is 0 Å². The van der Waals surface area contributed by atoms with Crippen LogP contribution in [0.5, 0.6) is 0 Å². The lowest BCUT2D eigenvalue weighted by Gasteiger charge is -2.24. The number of esters is 1. The summed E-state index contributed by atoms with van der Waals surface area (Å²) in [6.07, 6.45) is 5.48. The molecular formula is C10H15N3O2. The van der Waals surface area contributed by atoms with Crippen molar-refractivity contribution >= 4 is 11.7 Å². The van der Waals surface area contributed by atoms with E-state index in [1.807, 2.05) is 0 Å².